The third-order valence-electron chi connectivity index (χ3n) is 5.61. The molecule has 1 atom stereocenters. The molecule has 2 amide bonds. The number of nitrogens with one attached hydrogen (secondary N) is 2. The van der Waals surface area contributed by atoms with Gasteiger partial charge in [-0.3, -0.25) is 9.59 Å². The summed E-state index contributed by atoms with van der Waals surface area (Å²) in [6, 6.07) is 14.8. The van der Waals surface area contributed by atoms with Gasteiger partial charge in [-0.2, -0.15) is 0 Å². The van der Waals surface area contributed by atoms with E-state index in [0.717, 1.165) is 11.1 Å². The molecule has 2 aromatic carbocycles. The van der Waals surface area contributed by atoms with Gasteiger partial charge in [0.1, 0.15) is 0 Å². The summed E-state index contributed by atoms with van der Waals surface area (Å²) in [6.45, 7) is 4.84. The van der Waals surface area contributed by atoms with Gasteiger partial charge in [0, 0.05) is 19.6 Å². The molecule has 172 valence electrons. The van der Waals surface area contributed by atoms with Crippen LogP contribution in [-0.2, 0) is 21.4 Å². The highest BCUT2D eigenvalue weighted by Gasteiger charge is 2.32. The van der Waals surface area contributed by atoms with Crippen LogP contribution in [-0.4, -0.2) is 43.4 Å². The summed E-state index contributed by atoms with van der Waals surface area (Å²) in [5.41, 5.74) is 2.93. The molecule has 1 unspecified atom stereocenters. The third-order valence-corrected chi connectivity index (χ3v) is 7.66. The summed E-state index contributed by atoms with van der Waals surface area (Å²) in [6.07, 6.45) is 1.80. The van der Waals surface area contributed by atoms with Crippen LogP contribution in [0, 0.1) is 12.8 Å². The molecule has 32 heavy (non-hydrogen) atoms. The number of hydrogen-bond donors (Lipinski definition) is 2. The smallest absolute Gasteiger partial charge is 0.253 e. The number of carbonyl (C=O) groups excluding carboxylic acids is 2. The molecule has 2 aromatic rings. The van der Waals surface area contributed by atoms with Crippen molar-refractivity contribution in [2.75, 3.05) is 24.2 Å². The van der Waals surface area contributed by atoms with Crippen molar-refractivity contribution in [2.24, 2.45) is 5.92 Å². The fraction of sp³-hybridized carbons (Fsp3) is 0.417. The lowest BCUT2D eigenvalue weighted by Crippen LogP contribution is -2.44. The lowest BCUT2D eigenvalue weighted by atomic mass is 9.98. The highest BCUT2D eigenvalue weighted by molar-refractivity contribution is 7.89. The number of para-hydroxylation sites is 1. The van der Waals surface area contributed by atoms with E-state index in [1.807, 2.05) is 38.1 Å². The van der Waals surface area contributed by atoms with E-state index in [0.29, 0.717) is 43.6 Å². The highest BCUT2D eigenvalue weighted by atomic mass is 32.2. The predicted molar refractivity (Wildman–Crippen MR) is 126 cm³/mol. The average Bonchev–Trinajstić information content (AvgIpc) is 2.79. The normalized spacial score (nSPS) is 17.0. The lowest BCUT2D eigenvalue weighted by molar-refractivity contribution is -0.120. The molecule has 2 N–H and O–H groups in total. The van der Waals surface area contributed by atoms with Gasteiger partial charge in [0.25, 0.3) is 5.91 Å². The highest BCUT2D eigenvalue weighted by Crippen LogP contribution is 2.23. The van der Waals surface area contributed by atoms with Crippen molar-refractivity contribution in [2.45, 2.75) is 39.7 Å². The summed E-state index contributed by atoms with van der Waals surface area (Å²) in [5, 5.41) is 5.74. The number of piperidine rings is 1. The van der Waals surface area contributed by atoms with Crippen molar-refractivity contribution in [1.82, 2.24) is 9.62 Å². The first-order chi connectivity index (χ1) is 15.3. The van der Waals surface area contributed by atoms with Crippen LogP contribution in [0.15, 0.2) is 48.5 Å². The molecule has 8 heteroatoms. The van der Waals surface area contributed by atoms with Crippen molar-refractivity contribution >= 4 is 27.5 Å². The Hall–Kier alpha value is -2.71. The number of anilines is 1. The number of benzene rings is 2. The Balaban J connectivity index is 1.65. The number of nitrogens with zero attached hydrogens (tertiary/aromatic N) is 1. The van der Waals surface area contributed by atoms with E-state index >= 15 is 0 Å². The van der Waals surface area contributed by atoms with Gasteiger partial charge in [-0.05, 0) is 43.9 Å². The minimum Gasteiger partial charge on any atom is -0.348 e. The van der Waals surface area contributed by atoms with Crippen LogP contribution in [0.4, 0.5) is 5.69 Å². The first-order valence-electron chi connectivity index (χ1n) is 11.0. The standard InChI is InChI=1S/C24H31N3O4S/c1-3-15-32(30,31)27-14-6-7-20(17-27)23(28)26-22-9-5-4-8-21(22)24(29)25-16-19-12-10-18(2)11-13-19/h4-5,8-13,20H,3,6-7,14-17H2,1-2H3,(H,25,29)(H,26,28). The molecule has 3 rings (SSSR count). The first-order valence-corrected chi connectivity index (χ1v) is 12.6. The Kier molecular flexibility index (Phi) is 8.04. The number of hydrogen-bond acceptors (Lipinski definition) is 4. The molecule has 1 aliphatic heterocycles. The number of sulfonamides is 1. The fourth-order valence-corrected chi connectivity index (χ4v) is 5.39. The molecular weight excluding hydrogens is 426 g/mol. The molecule has 0 saturated carbocycles. The Morgan fingerprint density at radius 3 is 2.53 bits per heavy atom. The Labute approximate surface area is 190 Å². The second kappa shape index (κ2) is 10.7. The zero-order valence-corrected chi connectivity index (χ0v) is 19.5. The minimum absolute atomic E-state index is 0.0886. The van der Waals surface area contributed by atoms with Gasteiger partial charge >= 0.3 is 0 Å². The van der Waals surface area contributed by atoms with Gasteiger partial charge in [0.15, 0.2) is 0 Å². The summed E-state index contributed by atoms with van der Waals surface area (Å²) >= 11 is 0. The Morgan fingerprint density at radius 2 is 1.81 bits per heavy atom. The van der Waals surface area contributed by atoms with Gasteiger partial charge in [0.05, 0.1) is 22.9 Å². The van der Waals surface area contributed by atoms with Crippen LogP contribution in [0.5, 0.6) is 0 Å². The van der Waals surface area contributed by atoms with Gasteiger partial charge in [-0.25, -0.2) is 12.7 Å². The van der Waals surface area contributed by atoms with Crippen molar-refractivity contribution in [1.29, 1.82) is 0 Å². The monoisotopic (exact) mass is 457 g/mol. The summed E-state index contributed by atoms with van der Waals surface area (Å²) in [5.74, 6) is -0.901. The zero-order chi connectivity index (χ0) is 23.1. The minimum atomic E-state index is -3.34. The van der Waals surface area contributed by atoms with E-state index in [2.05, 4.69) is 10.6 Å². The molecule has 1 saturated heterocycles. The summed E-state index contributed by atoms with van der Waals surface area (Å²) in [4.78, 5) is 25.7. The van der Waals surface area contributed by atoms with Crippen LogP contribution >= 0.6 is 0 Å². The number of carbonyl (C=O) groups is 2. The molecule has 1 aliphatic rings. The molecule has 0 radical (unpaired) electrons. The van der Waals surface area contributed by atoms with E-state index in [-0.39, 0.29) is 24.1 Å². The predicted octanol–water partition coefficient (Wildman–Crippen LogP) is 3.32. The molecule has 0 bridgehead atoms. The molecule has 0 aliphatic carbocycles. The number of aryl methyl sites for hydroxylation is 1. The molecule has 0 aromatic heterocycles. The first kappa shape index (κ1) is 23.9. The molecule has 1 fully saturated rings. The molecular formula is C24H31N3O4S. The van der Waals surface area contributed by atoms with Crippen molar-refractivity contribution in [3.63, 3.8) is 0 Å². The van der Waals surface area contributed by atoms with Crippen LogP contribution in [0.2, 0.25) is 0 Å². The summed E-state index contributed by atoms with van der Waals surface area (Å²) in [7, 11) is -3.34. The maximum absolute atomic E-state index is 12.9. The van der Waals surface area contributed by atoms with Gasteiger partial charge in [-0.1, -0.05) is 48.9 Å². The Morgan fingerprint density at radius 1 is 1.09 bits per heavy atom. The maximum Gasteiger partial charge on any atom is 0.253 e. The maximum atomic E-state index is 12.9. The van der Waals surface area contributed by atoms with Gasteiger partial charge in [-0.15, -0.1) is 0 Å². The van der Waals surface area contributed by atoms with Crippen LogP contribution < -0.4 is 10.6 Å². The third kappa shape index (κ3) is 6.17. The SMILES string of the molecule is CCCS(=O)(=O)N1CCCC(C(=O)Nc2ccccc2C(=O)NCc2ccc(C)cc2)C1. The Bertz CT molecular complexity index is 1050. The van der Waals surface area contributed by atoms with E-state index in [1.165, 1.54) is 4.31 Å². The largest absolute Gasteiger partial charge is 0.348 e. The van der Waals surface area contributed by atoms with Gasteiger partial charge in [0.2, 0.25) is 15.9 Å². The lowest BCUT2D eigenvalue weighted by Gasteiger charge is -2.31. The number of rotatable bonds is 8. The van der Waals surface area contributed by atoms with E-state index in [4.69, 9.17) is 0 Å². The quantitative estimate of drug-likeness (QED) is 0.636. The van der Waals surface area contributed by atoms with Crippen LogP contribution in [0.3, 0.4) is 0 Å². The van der Waals surface area contributed by atoms with Crippen molar-refractivity contribution in [3.05, 3.63) is 65.2 Å². The second-order valence-electron chi connectivity index (χ2n) is 8.22. The second-order valence-corrected chi connectivity index (χ2v) is 10.3. The van der Waals surface area contributed by atoms with Crippen LogP contribution in [0.25, 0.3) is 0 Å². The number of amides is 2. The van der Waals surface area contributed by atoms with E-state index in [9.17, 15) is 18.0 Å². The topological polar surface area (TPSA) is 95.6 Å². The molecule has 1 heterocycles. The van der Waals surface area contributed by atoms with E-state index < -0.39 is 15.9 Å². The molecule has 7 nitrogen and oxygen atoms in total. The summed E-state index contributed by atoms with van der Waals surface area (Å²) < 4.78 is 26.2. The average molecular weight is 458 g/mol. The van der Waals surface area contributed by atoms with Crippen molar-refractivity contribution < 1.29 is 18.0 Å². The van der Waals surface area contributed by atoms with Crippen LogP contribution in [0.1, 0.15) is 47.7 Å². The van der Waals surface area contributed by atoms with E-state index in [1.54, 1.807) is 24.3 Å². The van der Waals surface area contributed by atoms with Gasteiger partial charge < -0.3 is 10.6 Å². The molecule has 0 spiro atoms. The zero-order valence-electron chi connectivity index (χ0n) is 18.6. The van der Waals surface area contributed by atoms with Crippen molar-refractivity contribution in [3.8, 4) is 0 Å². The fourth-order valence-electron chi connectivity index (χ4n) is 3.80.